The van der Waals surface area contributed by atoms with E-state index in [0.29, 0.717) is 12.1 Å². The topological polar surface area (TPSA) is 34.1 Å². The van der Waals surface area contributed by atoms with Gasteiger partial charge in [-0.25, -0.2) is 4.98 Å². The van der Waals surface area contributed by atoms with Crippen molar-refractivity contribution in [1.29, 1.82) is 0 Å². The van der Waals surface area contributed by atoms with E-state index in [1.807, 2.05) is 17.6 Å². The molecule has 1 aliphatic heterocycles. The maximum atomic E-state index is 6.10. The summed E-state index contributed by atoms with van der Waals surface area (Å²) in [6, 6.07) is 8.96. The van der Waals surface area contributed by atoms with Gasteiger partial charge < -0.3 is 10.1 Å². The molecule has 1 aromatic carbocycles. The molecule has 0 amide bonds. The fourth-order valence-electron chi connectivity index (χ4n) is 2.96. The minimum atomic E-state index is -0.146. The average molecular weight is 302 g/mol. The number of rotatable bonds is 4. The molecule has 0 bridgehead atoms. The Balaban J connectivity index is 1.87. The lowest BCUT2D eigenvalue weighted by Crippen LogP contribution is -2.40. The highest BCUT2D eigenvalue weighted by Gasteiger charge is 2.34. The van der Waals surface area contributed by atoms with Crippen LogP contribution in [0.4, 0.5) is 0 Å². The number of thiazole rings is 1. The normalized spacial score (nSPS) is 21.4. The van der Waals surface area contributed by atoms with Gasteiger partial charge in [0.25, 0.3) is 0 Å². The molecule has 2 unspecified atom stereocenters. The Kier molecular flexibility index (Phi) is 4.00. The van der Waals surface area contributed by atoms with E-state index in [-0.39, 0.29) is 5.60 Å². The molecule has 2 atom stereocenters. The van der Waals surface area contributed by atoms with Crippen molar-refractivity contribution in [2.45, 2.75) is 51.3 Å². The van der Waals surface area contributed by atoms with E-state index < -0.39 is 0 Å². The summed E-state index contributed by atoms with van der Waals surface area (Å²) in [5.41, 5.74) is 1.11. The first kappa shape index (κ1) is 14.5. The van der Waals surface area contributed by atoms with E-state index in [2.05, 4.69) is 49.3 Å². The molecule has 0 saturated heterocycles. The highest BCUT2D eigenvalue weighted by molar-refractivity contribution is 7.09. The smallest absolute Gasteiger partial charge is 0.124 e. The predicted molar refractivity (Wildman–Crippen MR) is 86.8 cm³/mol. The number of benzene rings is 1. The third-order valence-electron chi connectivity index (χ3n) is 3.94. The number of nitrogens with zero attached hydrogens (tertiary/aromatic N) is 1. The van der Waals surface area contributed by atoms with Gasteiger partial charge in [0.2, 0.25) is 0 Å². The van der Waals surface area contributed by atoms with E-state index in [1.165, 1.54) is 10.6 Å². The number of aromatic nitrogens is 1. The summed E-state index contributed by atoms with van der Waals surface area (Å²) < 4.78 is 6.10. The van der Waals surface area contributed by atoms with Gasteiger partial charge in [0.05, 0.1) is 6.04 Å². The van der Waals surface area contributed by atoms with Gasteiger partial charge in [0.15, 0.2) is 0 Å². The number of fused-ring (bicyclic) bond motifs is 1. The molecule has 0 saturated carbocycles. The van der Waals surface area contributed by atoms with Gasteiger partial charge >= 0.3 is 0 Å². The molecule has 0 aliphatic carbocycles. The quantitative estimate of drug-likeness (QED) is 0.903. The summed E-state index contributed by atoms with van der Waals surface area (Å²) in [5, 5.41) is 7.00. The van der Waals surface area contributed by atoms with Crippen molar-refractivity contribution in [3.05, 3.63) is 46.4 Å². The number of nitrogens with one attached hydrogen (secondary N) is 1. The van der Waals surface area contributed by atoms with Crippen LogP contribution in [0.2, 0.25) is 0 Å². The Bertz CT molecular complexity index is 595. The second kappa shape index (κ2) is 5.78. The summed E-state index contributed by atoms with van der Waals surface area (Å²) in [6.45, 7) is 6.51. The highest BCUT2D eigenvalue weighted by atomic mass is 32.1. The molecule has 3 nitrogen and oxygen atoms in total. The summed E-state index contributed by atoms with van der Waals surface area (Å²) in [4.78, 5) is 4.47. The van der Waals surface area contributed by atoms with E-state index in [9.17, 15) is 0 Å². The van der Waals surface area contributed by atoms with Crippen molar-refractivity contribution in [2.75, 3.05) is 0 Å². The molecule has 21 heavy (non-hydrogen) atoms. The molecule has 4 heteroatoms. The first-order valence-corrected chi connectivity index (χ1v) is 8.40. The average Bonchev–Trinajstić information content (AvgIpc) is 2.97. The van der Waals surface area contributed by atoms with Crippen LogP contribution in [0.25, 0.3) is 0 Å². The van der Waals surface area contributed by atoms with Gasteiger partial charge in [-0.2, -0.15) is 0 Å². The zero-order valence-electron chi connectivity index (χ0n) is 12.8. The third-order valence-corrected chi connectivity index (χ3v) is 4.83. The molecule has 1 N–H and O–H groups in total. The van der Waals surface area contributed by atoms with E-state index in [1.54, 1.807) is 11.3 Å². The standard InChI is InChI=1S/C17H22N2OS/c1-4-13(16-18-9-10-21-16)19-14-11-17(2,3)20-15-8-6-5-7-12(14)15/h5-10,13-14,19H,4,11H2,1-3H3. The minimum Gasteiger partial charge on any atom is -0.487 e. The lowest BCUT2D eigenvalue weighted by atomic mass is 9.89. The van der Waals surface area contributed by atoms with Gasteiger partial charge in [0.1, 0.15) is 16.4 Å². The second-order valence-electron chi connectivity index (χ2n) is 6.15. The second-order valence-corrected chi connectivity index (χ2v) is 7.08. The summed E-state index contributed by atoms with van der Waals surface area (Å²) in [7, 11) is 0. The number of para-hydroxylation sites is 1. The Hall–Kier alpha value is -1.39. The van der Waals surface area contributed by atoms with Crippen LogP contribution in [-0.2, 0) is 0 Å². The van der Waals surface area contributed by atoms with Crippen molar-refractivity contribution < 1.29 is 4.74 Å². The largest absolute Gasteiger partial charge is 0.487 e. The predicted octanol–water partition coefficient (Wildman–Crippen LogP) is 4.49. The highest BCUT2D eigenvalue weighted by Crippen LogP contribution is 2.40. The Morgan fingerprint density at radius 2 is 2.24 bits per heavy atom. The molecule has 0 spiro atoms. The van der Waals surface area contributed by atoms with Crippen LogP contribution < -0.4 is 10.1 Å². The van der Waals surface area contributed by atoms with Crippen molar-refractivity contribution in [1.82, 2.24) is 10.3 Å². The van der Waals surface area contributed by atoms with Gasteiger partial charge in [-0.1, -0.05) is 25.1 Å². The van der Waals surface area contributed by atoms with Crippen LogP contribution in [0.3, 0.4) is 0 Å². The SMILES string of the molecule is CCC(NC1CC(C)(C)Oc2ccccc21)c1nccs1. The van der Waals surface area contributed by atoms with Crippen LogP contribution in [0.5, 0.6) is 5.75 Å². The monoisotopic (exact) mass is 302 g/mol. The maximum absolute atomic E-state index is 6.10. The van der Waals surface area contributed by atoms with Crippen molar-refractivity contribution in [2.24, 2.45) is 0 Å². The molecular formula is C17H22N2OS. The lowest BCUT2D eigenvalue weighted by molar-refractivity contribution is 0.0634. The first-order chi connectivity index (χ1) is 10.1. The fraction of sp³-hybridized carbons (Fsp3) is 0.471. The Labute approximate surface area is 130 Å². The van der Waals surface area contributed by atoms with Crippen LogP contribution in [0.1, 0.15) is 56.3 Å². The van der Waals surface area contributed by atoms with Crippen LogP contribution in [0, 0.1) is 0 Å². The zero-order valence-corrected chi connectivity index (χ0v) is 13.6. The van der Waals surface area contributed by atoms with Crippen molar-refractivity contribution in [3.63, 3.8) is 0 Å². The number of hydrogen-bond acceptors (Lipinski definition) is 4. The molecule has 2 aromatic rings. The lowest BCUT2D eigenvalue weighted by Gasteiger charge is -2.39. The Morgan fingerprint density at radius 1 is 1.43 bits per heavy atom. The summed E-state index contributed by atoms with van der Waals surface area (Å²) in [5.74, 6) is 1.00. The van der Waals surface area contributed by atoms with Gasteiger partial charge in [-0.15, -0.1) is 11.3 Å². The number of ether oxygens (including phenoxy) is 1. The molecule has 3 rings (SSSR count). The molecule has 0 radical (unpaired) electrons. The van der Waals surface area contributed by atoms with Crippen LogP contribution >= 0.6 is 11.3 Å². The van der Waals surface area contributed by atoms with E-state index >= 15 is 0 Å². The van der Waals surface area contributed by atoms with Crippen molar-refractivity contribution >= 4 is 11.3 Å². The summed E-state index contributed by atoms with van der Waals surface area (Å²) in [6.07, 6.45) is 3.88. The third kappa shape index (κ3) is 3.11. The van der Waals surface area contributed by atoms with Gasteiger partial charge in [-0.05, 0) is 26.3 Å². The molecule has 1 aliphatic rings. The minimum absolute atomic E-state index is 0.146. The van der Waals surface area contributed by atoms with Crippen LogP contribution in [0.15, 0.2) is 35.8 Å². The molecule has 2 heterocycles. The zero-order chi connectivity index (χ0) is 14.9. The Morgan fingerprint density at radius 3 is 2.95 bits per heavy atom. The molecule has 1 aromatic heterocycles. The van der Waals surface area contributed by atoms with Gasteiger partial charge in [-0.3, -0.25) is 0 Å². The molecule has 112 valence electrons. The summed E-state index contributed by atoms with van der Waals surface area (Å²) >= 11 is 1.72. The van der Waals surface area contributed by atoms with Crippen molar-refractivity contribution in [3.8, 4) is 5.75 Å². The maximum Gasteiger partial charge on any atom is 0.124 e. The van der Waals surface area contributed by atoms with Crippen LogP contribution in [-0.4, -0.2) is 10.6 Å². The molecular weight excluding hydrogens is 280 g/mol. The molecule has 0 fully saturated rings. The fourth-order valence-corrected chi connectivity index (χ4v) is 3.75. The number of hydrogen-bond donors (Lipinski definition) is 1. The van der Waals surface area contributed by atoms with E-state index in [0.717, 1.165) is 18.6 Å². The van der Waals surface area contributed by atoms with Gasteiger partial charge in [0, 0.05) is 29.6 Å². The first-order valence-electron chi connectivity index (χ1n) is 7.52. The van der Waals surface area contributed by atoms with E-state index in [4.69, 9.17) is 4.74 Å².